The minimum absolute atomic E-state index is 0.0155. The van der Waals surface area contributed by atoms with Gasteiger partial charge in [0.1, 0.15) is 17.6 Å². The third kappa shape index (κ3) is 4.56. The molecule has 0 bridgehead atoms. The number of nitro groups is 1. The Morgan fingerprint density at radius 2 is 2.00 bits per heavy atom. The fourth-order valence-electron chi connectivity index (χ4n) is 2.64. The predicted octanol–water partition coefficient (Wildman–Crippen LogP) is 2.83. The Balaban J connectivity index is 1.91. The van der Waals surface area contributed by atoms with Gasteiger partial charge in [0.15, 0.2) is 0 Å². The van der Waals surface area contributed by atoms with Gasteiger partial charge in [-0.2, -0.15) is 0 Å². The van der Waals surface area contributed by atoms with Crippen LogP contribution in [0, 0.1) is 10.1 Å². The predicted molar refractivity (Wildman–Crippen MR) is 90.1 cm³/mol. The van der Waals surface area contributed by atoms with E-state index in [1.54, 1.807) is 18.0 Å². The number of hydrogen-bond acceptors (Lipinski definition) is 6. The van der Waals surface area contributed by atoms with Crippen molar-refractivity contribution in [1.29, 1.82) is 0 Å². The molecular formula is C16H24N4O4. The van der Waals surface area contributed by atoms with E-state index in [1.165, 1.54) is 12.3 Å². The summed E-state index contributed by atoms with van der Waals surface area (Å²) in [4.78, 5) is 30.2. The first-order chi connectivity index (χ1) is 11.2. The lowest BCUT2D eigenvalue weighted by Gasteiger charge is -2.37. The zero-order valence-corrected chi connectivity index (χ0v) is 14.6. The molecule has 0 saturated carbocycles. The summed E-state index contributed by atoms with van der Waals surface area (Å²) in [6, 6.07) is 3.24. The summed E-state index contributed by atoms with van der Waals surface area (Å²) >= 11 is 0. The molecule has 1 aromatic heterocycles. The molecule has 1 fully saturated rings. The average Bonchev–Trinajstić information content (AvgIpc) is 2.53. The van der Waals surface area contributed by atoms with Crippen molar-refractivity contribution < 1.29 is 14.5 Å². The van der Waals surface area contributed by atoms with E-state index in [1.807, 2.05) is 20.8 Å². The van der Waals surface area contributed by atoms with E-state index in [-0.39, 0.29) is 17.8 Å². The summed E-state index contributed by atoms with van der Waals surface area (Å²) in [7, 11) is 1.76. The lowest BCUT2D eigenvalue weighted by Crippen LogP contribution is -2.47. The average molecular weight is 336 g/mol. The van der Waals surface area contributed by atoms with Crippen molar-refractivity contribution in [1.82, 2.24) is 9.88 Å². The van der Waals surface area contributed by atoms with E-state index in [4.69, 9.17) is 4.74 Å². The zero-order valence-electron chi connectivity index (χ0n) is 14.6. The van der Waals surface area contributed by atoms with Gasteiger partial charge < -0.3 is 14.5 Å². The number of rotatable bonds is 3. The highest BCUT2D eigenvalue weighted by Gasteiger charge is 2.29. The van der Waals surface area contributed by atoms with Crippen LogP contribution in [0.3, 0.4) is 0 Å². The van der Waals surface area contributed by atoms with Gasteiger partial charge in [-0.05, 0) is 39.7 Å². The summed E-state index contributed by atoms with van der Waals surface area (Å²) < 4.78 is 5.40. The lowest BCUT2D eigenvalue weighted by molar-refractivity contribution is -0.385. The Bertz CT molecular complexity index is 589. The number of aromatic nitrogens is 1. The van der Waals surface area contributed by atoms with Crippen molar-refractivity contribution in [2.45, 2.75) is 45.3 Å². The van der Waals surface area contributed by atoms with Crippen molar-refractivity contribution in [2.24, 2.45) is 0 Å². The van der Waals surface area contributed by atoms with Gasteiger partial charge >= 0.3 is 6.09 Å². The minimum Gasteiger partial charge on any atom is -0.444 e. The van der Waals surface area contributed by atoms with Gasteiger partial charge in [-0.15, -0.1) is 0 Å². The Hall–Kier alpha value is -2.38. The van der Waals surface area contributed by atoms with Gasteiger partial charge in [-0.3, -0.25) is 10.1 Å². The third-order valence-electron chi connectivity index (χ3n) is 3.96. The molecule has 1 saturated heterocycles. The van der Waals surface area contributed by atoms with E-state index >= 15 is 0 Å². The summed E-state index contributed by atoms with van der Waals surface area (Å²) in [6.07, 6.45) is 2.56. The first-order valence-corrected chi connectivity index (χ1v) is 7.98. The fourth-order valence-corrected chi connectivity index (χ4v) is 2.64. The third-order valence-corrected chi connectivity index (χ3v) is 3.96. The second-order valence-corrected chi connectivity index (χ2v) is 6.94. The normalized spacial score (nSPS) is 15.9. The number of carbonyl (C=O) groups is 1. The number of ether oxygens (including phenoxy) is 1. The molecule has 0 spiro atoms. The second-order valence-electron chi connectivity index (χ2n) is 6.94. The SMILES string of the molecule is CN(C(=O)OC(C)(C)C)C1CCN(c2ccc([N+](=O)[O-])cn2)CC1. The Kier molecular flexibility index (Phi) is 5.26. The maximum atomic E-state index is 12.1. The molecule has 2 heterocycles. The number of amides is 1. The highest BCUT2D eigenvalue weighted by molar-refractivity contribution is 5.68. The fraction of sp³-hybridized carbons (Fsp3) is 0.625. The van der Waals surface area contributed by atoms with Crippen LogP contribution in [0.2, 0.25) is 0 Å². The molecule has 0 N–H and O–H groups in total. The summed E-state index contributed by atoms with van der Waals surface area (Å²) in [5.74, 6) is 0.721. The minimum atomic E-state index is -0.505. The van der Waals surface area contributed by atoms with Crippen LogP contribution < -0.4 is 4.90 Å². The molecule has 8 nitrogen and oxygen atoms in total. The first-order valence-electron chi connectivity index (χ1n) is 7.98. The molecule has 0 radical (unpaired) electrons. The maximum absolute atomic E-state index is 12.1. The van der Waals surface area contributed by atoms with Gasteiger partial charge in [0.25, 0.3) is 5.69 Å². The van der Waals surface area contributed by atoms with Crippen molar-refractivity contribution in [3.63, 3.8) is 0 Å². The monoisotopic (exact) mass is 336 g/mol. The van der Waals surface area contributed by atoms with Gasteiger partial charge in [0.05, 0.1) is 4.92 Å². The Labute approximate surface area is 141 Å². The maximum Gasteiger partial charge on any atom is 0.410 e. The topological polar surface area (TPSA) is 88.8 Å². The van der Waals surface area contributed by atoms with E-state index < -0.39 is 10.5 Å². The standard InChI is InChI=1S/C16H24N4O4/c1-16(2,3)24-15(21)18(4)12-7-9-19(10-8-12)14-6-5-13(11-17-14)20(22)23/h5-6,11-12H,7-10H2,1-4H3. The quantitative estimate of drug-likeness (QED) is 0.623. The zero-order chi connectivity index (χ0) is 17.9. The van der Waals surface area contributed by atoms with E-state index in [2.05, 4.69) is 9.88 Å². The van der Waals surface area contributed by atoms with Crippen LogP contribution in [-0.2, 0) is 4.74 Å². The van der Waals surface area contributed by atoms with Crippen LogP contribution in [0.1, 0.15) is 33.6 Å². The van der Waals surface area contributed by atoms with Crippen molar-refractivity contribution in [3.05, 3.63) is 28.4 Å². The van der Waals surface area contributed by atoms with Crippen LogP contribution >= 0.6 is 0 Å². The molecule has 0 atom stereocenters. The molecule has 8 heteroatoms. The van der Waals surface area contributed by atoms with Crippen LogP contribution in [-0.4, -0.2) is 52.7 Å². The van der Waals surface area contributed by atoms with Crippen molar-refractivity contribution in [2.75, 3.05) is 25.0 Å². The van der Waals surface area contributed by atoms with Gasteiger partial charge in [-0.25, -0.2) is 9.78 Å². The van der Waals surface area contributed by atoms with E-state index in [9.17, 15) is 14.9 Å². The molecule has 24 heavy (non-hydrogen) atoms. The molecule has 1 amide bonds. The molecule has 0 aromatic carbocycles. The molecule has 1 aromatic rings. The lowest BCUT2D eigenvalue weighted by atomic mass is 10.0. The number of piperidine rings is 1. The van der Waals surface area contributed by atoms with Gasteiger partial charge in [-0.1, -0.05) is 0 Å². The molecule has 1 aliphatic rings. The van der Waals surface area contributed by atoms with Gasteiger partial charge in [0.2, 0.25) is 0 Å². The second kappa shape index (κ2) is 7.02. The van der Waals surface area contributed by atoms with Crippen LogP contribution in [0.15, 0.2) is 18.3 Å². The first kappa shape index (κ1) is 18.0. The summed E-state index contributed by atoms with van der Waals surface area (Å²) in [5.41, 5.74) is -0.521. The summed E-state index contributed by atoms with van der Waals surface area (Å²) in [5, 5.41) is 10.7. The van der Waals surface area contributed by atoms with E-state index in [0.29, 0.717) is 0 Å². The molecular weight excluding hydrogens is 312 g/mol. The highest BCUT2D eigenvalue weighted by Crippen LogP contribution is 2.23. The summed E-state index contributed by atoms with van der Waals surface area (Å²) in [6.45, 7) is 7.02. The van der Waals surface area contributed by atoms with E-state index in [0.717, 1.165) is 31.7 Å². The number of anilines is 1. The highest BCUT2D eigenvalue weighted by atomic mass is 16.6. The molecule has 0 unspecified atom stereocenters. The Morgan fingerprint density at radius 1 is 1.38 bits per heavy atom. The molecule has 132 valence electrons. The van der Waals surface area contributed by atoms with Crippen LogP contribution in [0.5, 0.6) is 0 Å². The largest absolute Gasteiger partial charge is 0.444 e. The van der Waals surface area contributed by atoms with Crippen molar-refractivity contribution in [3.8, 4) is 0 Å². The van der Waals surface area contributed by atoms with Gasteiger partial charge in [0, 0.05) is 32.2 Å². The number of carbonyl (C=O) groups excluding carboxylic acids is 1. The van der Waals surface area contributed by atoms with Crippen LogP contribution in [0.25, 0.3) is 0 Å². The number of nitrogens with zero attached hydrogens (tertiary/aromatic N) is 4. The Morgan fingerprint density at radius 3 is 2.46 bits per heavy atom. The smallest absolute Gasteiger partial charge is 0.410 e. The van der Waals surface area contributed by atoms with Crippen LogP contribution in [0.4, 0.5) is 16.3 Å². The van der Waals surface area contributed by atoms with Crippen molar-refractivity contribution >= 4 is 17.6 Å². The number of pyridine rings is 1. The molecule has 2 rings (SSSR count). The molecule has 0 aliphatic carbocycles. The number of hydrogen-bond donors (Lipinski definition) is 0. The molecule has 1 aliphatic heterocycles.